The van der Waals surface area contributed by atoms with Crippen molar-refractivity contribution in [2.75, 3.05) is 0 Å². The third-order valence-corrected chi connectivity index (χ3v) is 2.39. The van der Waals surface area contributed by atoms with Gasteiger partial charge in [-0.25, -0.2) is 0 Å². The Kier molecular flexibility index (Phi) is 4.84. The van der Waals surface area contributed by atoms with Gasteiger partial charge in [0, 0.05) is 5.54 Å². The van der Waals surface area contributed by atoms with Crippen molar-refractivity contribution in [3.05, 3.63) is 0 Å². The normalized spacial score (nSPS) is 19.2. The Bertz CT molecular complexity index is 116. The van der Waals surface area contributed by atoms with Crippen molar-refractivity contribution in [1.29, 1.82) is 0 Å². The molecule has 0 aliphatic carbocycles. The van der Waals surface area contributed by atoms with Gasteiger partial charge in [0.15, 0.2) is 0 Å². The third kappa shape index (κ3) is 5.59. The summed E-state index contributed by atoms with van der Waals surface area (Å²) in [5.41, 5.74) is 6.24. The molecule has 2 N–H and O–H groups in total. The average Bonchev–Trinajstić information content (AvgIpc) is 1.83. The first kappa shape index (κ1) is 12.0. The predicted molar refractivity (Wildman–Crippen MR) is 56.1 cm³/mol. The Balaban J connectivity index is 3.85. The molecule has 0 fully saturated rings. The SMILES string of the molecule is CCC(C)CC(C)(N)CC(C)C. The third-order valence-electron chi connectivity index (χ3n) is 2.39. The summed E-state index contributed by atoms with van der Waals surface area (Å²) in [5.74, 6) is 1.47. The monoisotopic (exact) mass is 171 g/mol. The van der Waals surface area contributed by atoms with Gasteiger partial charge in [-0.05, 0) is 31.6 Å². The highest BCUT2D eigenvalue weighted by Crippen LogP contribution is 2.23. The summed E-state index contributed by atoms with van der Waals surface area (Å²) in [6.45, 7) is 11.2. The zero-order valence-electron chi connectivity index (χ0n) is 9.35. The van der Waals surface area contributed by atoms with Gasteiger partial charge in [-0.15, -0.1) is 0 Å². The molecule has 0 saturated heterocycles. The van der Waals surface area contributed by atoms with E-state index in [1.807, 2.05) is 0 Å². The molecule has 0 saturated carbocycles. The van der Waals surface area contributed by atoms with Crippen LogP contribution in [-0.4, -0.2) is 5.54 Å². The van der Waals surface area contributed by atoms with Crippen LogP contribution in [0.2, 0.25) is 0 Å². The Hall–Kier alpha value is -0.0400. The molecule has 12 heavy (non-hydrogen) atoms. The van der Waals surface area contributed by atoms with Crippen LogP contribution in [0.15, 0.2) is 0 Å². The lowest BCUT2D eigenvalue weighted by Crippen LogP contribution is -2.39. The second-order valence-electron chi connectivity index (χ2n) is 4.97. The van der Waals surface area contributed by atoms with Gasteiger partial charge in [-0.1, -0.05) is 34.1 Å². The molecule has 1 nitrogen and oxygen atoms in total. The van der Waals surface area contributed by atoms with E-state index >= 15 is 0 Å². The van der Waals surface area contributed by atoms with Crippen molar-refractivity contribution in [2.45, 2.75) is 59.4 Å². The largest absolute Gasteiger partial charge is 0.325 e. The van der Waals surface area contributed by atoms with Gasteiger partial charge in [-0.3, -0.25) is 0 Å². The standard InChI is InChI=1S/C11H25N/c1-6-10(4)8-11(5,12)7-9(2)3/h9-10H,6-8,12H2,1-5H3. The number of nitrogens with two attached hydrogens (primary N) is 1. The summed E-state index contributed by atoms with van der Waals surface area (Å²) in [6, 6.07) is 0. The van der Waals surface area contributed by atoms with Gasteiger partial charge in [0.1, 0.15) is 0 Å². The molecule has 0 aromatic carbocycles. The molecule has 1 heteroatoms. The molecule has 0 bridgehead atoms. The maximum absolute atomic E-state index is 6.19. The van der Waals surface area contributed by atoms with Crippen LogP contribution in [0.25, 0.3) is 0 Å². The van der Waals surface area contributed by atoms with Gasteiger partial charge >= 0.3 is 0 Å². The maximum atomic E-state index is 6.19. The number of rotatable bonds is 5. The summed E-state index contributed by atoms with van der Waals surface area (Å²) in [5, 5.41) is 0. The lowest BCUT2D eigenvalue weighted by molar-refractivity contribution is 0.296. The zero-order valence-corrected chi connectivity index (χ0v) is 9.35. The van der Waals surface area contributed by atoms with Crippen LogP contribution < -0.4 is 5.73 Å². The van der Waals surface area contributed by atoms with E-state index in [1.54, 1.807) is 0 Å². The van der Waals surface area contributed by atoms with Gasteiger partial charge in [-0.2, -0.15) is 0 Å². The van der Waals surface area contributed by atoms with E-state index in [0.29, 0.717) is 5.92 Å². The second-order valence-corrected chi connectivity index (χ2v) is 4.97. The Labute approximate surface area is 77.7 Å². The summed E-state index contributed by atoms with van der Waals surface area (Å²) >= 11 is 0. The molecular weight excluding hydrogens is 146 g/mol. The van der Waals surface area contributed by atoms with Crippen LogP contribution in [0.4, 0.5) is 0 Å². The first-order chi connectivity index (χ1) is 5.37. The molecule has 0 radical (unpaired) electrons. The average molecular weight is 171 g/mol. The van der Waals surface area contributed by atoms with Crippen LogP contribution in [0.5, 0.6) is 0 Å². The van der Waals surface area contributed by atoms with Gasteiger partial charge in [0.05, 0.1) is 0 Å². The van der Waals surface area contributed by atoms with Crippen LogP contribution >= 0.6 is 0 Å². The van der Waals surface area contributed by atoms with Crippen molar-refractivity contribution >= 4 is 0 Å². The van der Waals surface area contributed by atoms with E-state index in [2.05, 4.69) is 34.6 Å². The van der Waals surface area contributed by atoms with Crippen molar-refractivity contribution in [3.63, 3.8) is 0 Å². The number of hydrogen-bond acceptors (Lipinski definition) is 1. The summed E-state index contributed by atoms with van der Waals surface area (Å²) in [6.07, 6.45) is 3.53. The molecule has 0 amide bonds. The molecule has 0 aromatic heterocycles. The van der Waals surface area contributed by atoms with E-state index < -0.39 is 0 Å². The Morgan fingerprint density at radius 2 is 1.67 bits per heavy atom. The molecule has 2 atom stereocenters. The van der Waals surface area contributed by atoms with Crippen LogP contribution in [0.3, 0.4) is 0 Å². The van der Waals surface area contributed by atoms with Crippen molar-refractivity contribution in [1.82, 2.24) is 0 Å². The molecule has 2 unspecified atom stereocenters. The van der Waals surface area contributed by atoms with Crippen LogP contribution in [-0.2, 0) is 0 Å². The minimum atomic E-state index is 0.0452. The molecular formula is C11H25N. The highest BCUT2D eigenvalue weighted by atomic mass is 14.7. The molecule has 0 aliphatic heterocycles. The van der Waals surface area contributed by atoms with Gasteiger partial charge in [0.2, 0.25) is 0 Å². The fourth-order valence-electron chi connectivity index (χ4n) is 1.96. The van der Waals surface area contributed by atoms with Crippen molar-refractivity contribution < 1.29 is 0 Å². The first-order valence-corrected chi connectivity index (χ1v) is 5.16. The Morgan fingerprint density at radius 3 is 2.00 bits per heavy atom. The van der Waals surface area contributed by atoms with E-state index in [9.17, 15) is 0 Å². The maximum Gasteiger partial charge on any atom is 0.0130 e. The smallest absolute Gasteiger partial charge is 0.0130 e. The van der Waals surface area contributed by atoms with E-state index in [-0.39, 0.29) is 5.54 Å². The van der Waals surface area contributed by atoms with E-state index in [1.165, 1.54) is 6.42 Å². The quantitative estimate of drug-likeness (QED) is 0.675. The Morgan fingerprint density at radius 1 is 1.17 bits per heavy atom. The van der Waals surface area contributed by atoms with E-state index in [4.69, 9.17) is 5.73 Å². The van der Waals surface area contributed by atoms with Crippen molar-refractivity contribution in [3.8, 4) is 0 Å². The fraction of sp³-hybridized carbons (Fsp3) is 1.00. The molecule has 0 heterocycles. The minimum absolute atomic E-state index is 0.0452. The predicted octanol–water partition coefficient (Wildman–Crippen LogP) is 3.19. The van der Waals surface area contributed by atoms with Crippen molar-refractivity contribution in [2.24, 2.45) is 17.6 Å². The molecule has 0 rings (SSSR count). The van der Waals surface area contributed by atoms with Crippen LogP contribution in [0, 0.1) is 11.8 Å². The summed E-state index contributed by atoms with van der Waals surface area (Å²) in [7, 11) is 0. The second kappa shape index (κ2) is 4.86. The minimum Gasteiger partial charge on any atom is -0.325 e. The molecule has 0 spiro atoms. The molecule has 74 valence electrons. The van der Waals surface area contributed by atoms with Gasteiger partial charge in [0.25, 0.3) is 0 Å². The van der Waals surface area contributed by atoms with Crippen LogP contribution in [0.1, 0.15) is 53.9 Å². The topological polar surface area (TPSA) is 26.0 Å². The van der Waals surface area contributed by atoms with E-state index in [0.717, 1.165) is 18.8 Å². The zero-order chi connectivity index (χ0) is 9.78. The first-order valence-electron chi connectivity index (χ1n) is 5.16. The lowest BCUT2D eigenvalue weighted by atomic mass is 9.83. The summed E-state index contributed by atoms with van der Waals surface area (Å²) < 4.78 is 0. The molecule has 0 aromatic rings. The fourth-order valence-corrected chi connectivity index (χ4v) is 1.96. The lowest BCUT2D eigenvalue weighted by Gasteiger charge is -2.29. The van der Waals surface area contributed by atoms with Gasteiger partial charge < -0.3 is 5.73 Å². The number of hydrogen-bond donors (Lipinski definition) is 1. The highest BCUT2D eigenvalue weighted by molar-refractivity contribution is 4.81. The summed E-state index contributed by atoms with van der Waals surface area (Å²) in [4.78, 5) is 0. The highest BCUT2D eigenvalue weighted by Gasteiger charge is 2.21. The molecule has 0 aliphatic rings.